The first-order valence-electron chi connectivity index (χ1n) is 7.03. The van der Waals surface area contributed by atoms with Crippen LogP contribution in [0.1, 0.15) is 19.0 Å². The molecule has 0 aliphatic heterocycles. The Bertz CT molecular complexity index is 520. The van der Waals surface area contributed by atoms with Crippen LogP contribution in [0.15, 0.2) is 36.7 Å². The molecule has 23 heavy (non-hydrogen) atoms. The number of amides is 1. The standard InChI is InChI=1S/C15H19F3N2O3/c1-2-23-10-8-14(22,15(16,17)18)11-20-13(21)7-6-12-5-3-4-9-19-12/h3-5,8-10,22H,2,6-7,11H2,1H3,(H,20,21)/b10-8+. The van der Waals surface area contributed by atoms with Crippen LogP contribution in [-0.4, -0.2) is 40.9 Å². The van der Waals surface area contributed by atoms with Crippen molar-refractivity contribution in [3.63, 3.8) is 0 Å². The summed E-state index contributed by atoms with van der Waals surface area (Å²) < 4.78 is 43.4. The molecule has 0 spiro atoms. The molecule has 1 rings (SSSR count). The molecule has 1 heterocycles. The van der Waals surface area contributed by atoms with E-state index in [4.69, 9.17) is 0 Å². The maximum atomic E-state index is 12.9. The van der Waals surface area contributed by atoms with Crippen molar-refractivity contribution in [3.8, 4) is 0 Å². The fourth-order valence-corrected chi connectivity index (χ4v) is 1.62. The van der Waals surface area contributed by atoms with Crippen molar-refractivity contribution in [1.29, 1.82) is 0 Å². The number of nitrogens with one attached hydrogen (secondary N) is 1. The molecule has 1 unspecified atom stereocenters. The molecule has 1 amide bonds. The molecule has 1 aromatic rings. The number of aryl methyl sites for hydroxylation is 1. The minimum Gasteiger partial charge on any atom is -0.502 e. The van der Waals surface area contributed by atoms with Crippen molar-refractivity contribution in [3.05, 3.63) is 42.4 Å². The van der Waals surface area contributed by atoms with E-state index in [-0.39, 0.29) is 13.0 Å². The number of carbonyl (C=O) groups is 1. The second-order valence-corrected chi connectivity index (χ2v) is 4.78. The first-order chi connectivity index (χ1) is 10.8. The van der Waals surface area contributed by atoms with Gasteiger partial charge in [-0.2, -0.15) is 13.2 Å². The summed E-state index contributed by atoms with van der Waals surface area (Å²) in [6, 6.07) is 5.18. The molecule has 0 aliphatic carbocycles. The number of rotatable bonds is 8. The first-order valence-corrected chi connectivity index (χ1v) is 7.03. The molecule has 0 fully saturated rings. The summed E-state index contributed by atoms with van der Waals surface area (Å²) in [4.78, 5) is 15.7. The Hall–Kier alpha value is -2.09. The number of nitrogens with zero attached hydrogens (tertiary/aromatic N) is 1. The van der Waals surface area contributed by atoms with Crippen LogP contribution in [0, 0.1) is 0 Å². The zero-order valence-electron chi connectivity index (χ0n) is 12.6. The number of carbonyl (C=O) groups excluding carboxylic acids is 1. The number of hydrogen-bond donors (Lipinski definition) is 2. The van der Waals surface area contributed by atoms with Crippen LogP contribution in [0.4, 0.5) is 13.2 Å². The van der Waals surface area contributed by atoms with Gasteiger partial charge in [-0.15, -0.1) is 0 Å². The predicted molar refractivity (Wildman–Crippen MR) is 77.3 cm³/mol. The topological polar surface area (TPSA) is 71.5 Å². The largest absolute Gasteiger partial charge is 0.502 e. The van der Waals surface area contributed by atoms with Crippen LogP contribution in [-0.2, 0) is 16.0 Å². The van der Waals surface area contributed by atoms with Crippen LogP contribution in [0.25, 0.3) is 0 Å². The lowest BCUT2D eigenvalue weighted by atomic mass is 10.0. The first kappa shape index (κ1) is 19.0. The van der Waals surface area contributed by atoms with Gasteiger partial charge in [0.2, 0.25) is 5.91 Å². The minimum absolute atomic E-state index is 0.0277. The average molecular weight is 332 g/mol. The van der Waals surface area contributed by atoms with Crippen molar-refractivity contribution >= 4 is 5.91 Å². The third kappa shape index (κ3) is 6.27. The molecule has 0 aliphatic rings. The summed E-state index contributed by atoms with van der Waals surface area (Å²) in [5, 5.41) is 11.8. The third-order valence-electron chi connectivity index (χ3n) is 2.99. The summed E-state index contributed by atoms with van der Waals surface area (Å²) >= 11 is 0. The van der Waals surface area contributed by atoms with Crippen LogP contribution in [0.5, 0.6) is 0 Å². The lowest BCUT2D eigenvalue weighted by Gasteiger charge is -2.27. The van der Waals surface area contributed by atoms with Gasteiger partial charge in [-0.3, -0.25) is 9.78 Å². The van der Waals surface area contributed by atoms with Gasteiger partial charge in [0.15, 0.2) is 5.60 Å². The lowest BCUT2D eigenvalue weighted by Crippen LogP contribution is -2.52. The van der Waals surface area contributed by atoms with Crippen LogP contribution < -0.4 is 5.32 Å². The van der Waals surface area contributed by atoms with Crippen molar-refractivity contribution in [2.75, 3.05) is 13.2 Å². The van der Waals surface area contributed by atoms with E-state index in [9.17, 15) is 23.1 Å². The molecule has 5 nitrogen and oxygen atoms in total. The third-order valence-corrected chi connectivity index (χ3v) is 2.99. The minimum atomic E-state index is -4.94. The molecule has 0 saturated carbocycles. The summed E-state index contributed by atoms with van der Waals surface area (Å²) in [5.41, 5.74) is -2.52. The number of aromatic nitrogens is 1. The van der Waals surface area contributed by atoms with E-state index < -0.39 is 24.2 Å². The average Bonchev–Trinajstić information content (AvgIpc) is 2.51. The molecule has 1 aromatic heterocycles. The smallest absolute Gasteiger partial charge is 0.422 e. The number of pyridine rings is 1. The fourth-order valence-electron chi connectivity index (χ4n) is 1.62. The summed E-state index contributed by atoms with van der Waals surface area (Å²) in [7, 11) is 0. The Kier molecular flexibility index (Phi) is 7.02. The van der Waals surface area contributed by atoms with Gasteiger partial charge in [-0.25, -0.2) is 0 Å². The zero-order chi connectivity index (χ0) is 17.3. The SMILES string of the molecule is CCO/C=C/C(O)(CNC(=O)CCc1ccccn1)C(F)(F)F. The second-order valence-electron chi connectivity index (χ2n) is 4.78. The molecule has 0 saturated heterocycles. The van der Waals surface area contributed by atoms with E-state index in [2.05, 4.69) is 15.0 Å². The van der Waals surface area contributed by atoms with E-state index in [1.165, 1.54) is 0 Å². The van der Waals surface area contributed by atoms with Gasteiger partial charge in [-0.05, 0) is 31.6 Å². The molecule has 8 heteroatoms. The molecular formula is C15H19F3N2O3. The summed E-state index contributed by atoms with van der Waals surface area (Å²) in [6.07, 6.45) is -1.85. The Balaban J connectivity index is 2.55. The van der Waals surface area contributed by atoms with Crippen molar-refractivity contribution < 1.29 is 27.8 Å². The highest BCUT2D eigenvalue weighted by Crippen LogP contribution is 2.31. The summed E-state index contributed by atoms with van der Waals surface area (Å²) in [5.74, 6) is -0.608. The monoisotopic (exact) mass is 332 g/mol. The lowest BCUT2D eigenvalue weighted by molar-refractivity contribution is -0.237. The fraction of sp³-hybridized carbons (Fsp3) is 0.467. The highest BCUT2D eigenvalue weighted by atomic mass is 19.4. The number of halogens is 3. The Morgan fingerprint density at radius 1 is 1.43 bits per heavy atom. The molecule has 0 radical (unpaired) electrons. The molecule has 0 bridgehead atoms. The molecule has 2 N–H and O–H groups in total. The van der Waals surface area contributed by atoms with E-state index in [0.717, 1.165) is 6.26 Å². The van der Waals surface area contributed by atoms with Crippen molar-refractivity contribution in [1.82, 2.24) is 10.3 Å². The maximum absolute atomic E-state index is 12.9. The predicted octanol–water partition coefficient (Wildman–Crippen LogP) is 1.97. The number of alkyl halides is 3. The van der Waals surface area contributed by atoms with E-state index in [0.29, 0.717) is 18.2 Å². The van der Waals surface area contributed by atoms with Gasteiger partial charge in [0.1, 0.15) is 0 Å². The van der Waals surface area contributed by atoms with Gasteiger partial charge in [-0.1, -0.05) is 6.07 Å². The second kappa shape index (κ2) is 8.52. The Morgan fingerprint density at radius 2 is 2.17 bits per heavy atom. The number of aliphatic hydroxyl groups is 1. The zero-order valence-corrected chi connectivity index (χ0v) is 12.6. The number of ether oxygens (including phenoxy) is 1. The van der Waals surface area contributed by atoms with Crippen molar-refractivity contribution in [2.24, 2.45) is 0 Å². The summed E-state index contributed by atoms with van der Waals surface area (Å²) in [6.45, 7) is 0.776. The van der Waals surface area contributed by atoms with Gasteiger partial charge in [0.25, 0.3) is 0 Å². The van der Waals surface area contributed by atoms with Gasteiger partial charge < -0.3 is 15.2 Å². The maximum Gasteiger partial charge on any atom is 0.422 e. The molecule has 0 aromatic carbocycles. The number of hydrogen-bond acceptors (Lipinski definition) is 4. The van der Waals surface area contributed by atoms with E-state index in [1.54, 1.807) is 31.3 Å². The van der Waals surface area contributed by atoms with Crippen molar-refractivity contribution in [2.45, 2.75) is 31.5 Å². The van der Waals surface area contributed by atoms with Crippen LogP contribution in [0.2, 0.25) is 0 Å². The molecular weight excluding hydrogens is 313 g/mol. The van der Waals surface area contributed by atoms with E-state index >= 15 is 0 Å². The highest BCUT2D eigenvalue weighted by Gasteiger charge is 2.52. The van der Waals surface area contributed by atoms with Crippen LogP contribution in [0.3, 0.4) is 0 Å². The van der Waals surface area contributed by atoms with E-state index in [1.807, 2.05) is 0 Å². The quantitative estimate of drug-likeness (QED) is 0.714. The Morgan fingerprint density at radius 3 is 2.74 bits per heavy atom. The van der Waals surface area contributed by atoms with Gasteiger partial charge in [0.05, 0.1) is 19.4 Å². The molecule has 128 valence electrons. The molecule has 1 atom stereocenters. The Labute approximate surface area is 132 Å². The van der Waals surface area contributed by atoms with Crippen LogP contribution >= 0.6 is 0 Å². The van der Waals surface area contributed by atoms with Gasteiger partial charge >= 0.3 is 6.18 Å². The highest BCUT2D eigenvalue weighted by molar-refractivity contribution is 5.76. The normalized spacial score (nSPS) is 14.5. The van der Waals surface area contributed by atoms with Gasteiger partial charge in [0, 0.05) is 18.3 Å².